The normalized spacial score (nSPS) is 15.8. The SMILES string of the molecule is CN=C(NCCc1nc(C(C)(C)C)cs1)N1CCN(C(=O)c2ccco2)CC1. The van der Waals surface area contributed by atoms with Gasteiger partial charge in [0.15, 0.2) is 11.7 Å². The summed E-state index contributed by atoms with van der Waals surface area (Å²) >= 11 is 1.72. The molecule has 1 aliphatic rings. The van der Waals surface area contributed by atoms with E-state index in [1.807, 2.05) is 4.90 Å². The Bertz CT molecular complexity index is 799. The minimum absolute atomic E-state index is 0.0500. The van der Waals surface area contributed by atoms with Gasteiger partial charge in [0.05, 0.1) is 17.0 Å². The molecule has 0 unspecified atom stereocenters. The van der Waals surface area contributed by atoms with Crippen LogP contribution in [0.2, 0.25) is 0 Å². The summed E-state index contributed by atoms with van der Waals surface area (Å²) in [5, 5.41) is 6.72. The van der Waals surface area contributed by atoms with Gasteiger partial charge in [0.1, 0.15) is 0 Å². The molecule has 3 rings (SSSR count). The van der Waals surface area contributed by atoms with E-state index in [0.29, 0.717) is 18.8 Å². The number of rotatable bonds is 4. The van der Waals surface area contributed by atoms with E-state index in [9.17, 15) is 4.79 Å². The predicted molar refractivity (Wildman–Crippen MR) is 112 cm³/mol. The van der Waals surface area contributed by atoms with E-state index >= 15 is 0 Å². The lowest BCUT2D eigenvalue weighted by Gasteiger charge is -2.36. The van der Waals surface area contributed by atoms with Crippen LogP contribution in [-0.4, -0.2) is 66.4 Å². The Morgan fingerprint density at radius 3 is 2.57 bits per heavy atom. The topological polar surface area (TPSA) is 74.0 Å². The highest BCUT2D eigenvalue weighted by Gasteiger charge is 2.25. The second kappa shape index (κ2) is 8.77. The van der Waals surface area contributed by atoms with Gasteiger partial charge in [-0.2, -0.15) is 0 Å². The Labute approximate surface area is 170 Å². The van der Waals surface area contributed by atoms with Crippen molar-refractivity contribution in [1.29, 1.82) is 0 Å². The molecule has 0 aromatic carbocycles. The zero-order valence-corrected chi connectivity index (χ0v) is 17.9. The Morgan fingerprint density at radius 1 is 1.29 bits per heavy atom. The molecule has 3 heterocycles. The number of carbonyl (C=O) groups excluding carboxylic acids is 1. The van der Waals surface area contributed by atoms with Crippen LogP contribution in [0.4, 0.5) is 0 Å². The van der Waals surface area contributed by atoms with Crippen LogP contribution in [0, 0.1) is 0 Å². The number of hydrogen-bond donors (Lipinski definition) is 1. The summed E-state index contributed by atoms with van der Waals surface area (Å²) in [6, 6.07) is 3.45. The summed E-state index contributed by atoms with van der Waals surface area (Å²) < 4.78 is 5.22. The molecule has 1 saturated heterocycles. The lowest BCUT2D eigenvalue weighted by Crippen LogP contribution is -2.54. The third-order valence-corrected chi connectivity index (χ3v) is 5.66. The first kappa shape index (κ1) is 20.4. The zero-order valence-electron chi connectivity index (χ0n) is 17.1. The molecule has 7 nitrogen and oxygen atoms in total. The van der Waals surface area contributed by atoms with Gasteiger partial charge in [0.2, 0.25) is 0 Å². The van der Waals surface area contributed by atoms with E-state index in [-0.39, 0.29) is 11.3 Å². The van der Waals surface area contributed by atoms with Crippen molar-refractivity contribution in [2.24, 2.45) is 4.99 Å². The Morgan fingerprint density at radius 2 is 2.00 bits per heavy atom. The number of aliphatic imine (C=N–C) groups is 1. The number of nitrogens with one attached hydrogen (secondary N) is 1. The molecule has 28 heavy (non-hydrogen) atoms. The summed E-state index contributed by atoms with van der Waals surface area (Å²) in [7, 11) is 1.80. The van der Waals surface area contributed by atoms with E-state index in [2.05, 4.69) is 41.4 Å². The maximum absolute atomic E-state index is 12.4. The molecule has 1 fully saturated rings. The van der Waals surface area contributed by atoms with Crippen molar-refractivity contribution in [1.82, 2.24) is 20.1 Å². The van der Waals surface area contributed by atoms with Crippen molar-refractivity contribution in [3.63, 3.8) is 0 Å². The molecule has 1 amide bonds. The molecule has 0 aliphatic carbocycles. The van der Waals surface area contributed by atoms with Gasteiger partial charge in [0.25, 0.3) is 5.91 Å². The number of thiazole rings is 1. The van der Waals surface area contributed by atoms with Gasteiger partial charge < -0.3 is 19.5 Å². The predicted octanol–water partition coefficient (Wildman–Crippen LogP) is 2.61. The van der Waals surface area contributed by atoms with Gasteiger partial charge in [-0.1, -0.05) is 20.8 Å². The fourth-order valence-corrected chi connectivity index (χ4v) is 4.09. The summed E-state index contributed by atoms with van der Waals surface area (Å²) in [6.45, 7) is 10.1. The summed E-state index contributed by atoms with van der Waals surface area (Å²) in [5.41, 5.74) is 1.24. The van der Waals surface area contributed by atoms with Gasteiger partial charge in [-0.3, -0.25) is 9.79 Å². The highest BCUT2D eigenvalue weighted by molar-refractivity contribution is 7.09. The molecular formula is C20H29N5O2S. The lowest BCUT2D eigenvalue weighted by atomic mass is 9.93. The van der Waals surface area contributed by atoms with Crippen LogP contribution < -0.4 is 5.32 Å². The summed E-state index contributed by atoms with van der Waals surface area (Å²) in [4.78, 5) is 25.5. The van der Waals surface area contributed by atoms with Crippen molar-refractivity contribution < 1.29 is 9.21 Å². The van der Waals surface area contributed by atoms with Gasteiger partial charge >= 0.3 is 0 Å². The summed E-state index contributed by atoms with van der Waals surface area (Å²) in [6.07, 6.45) is 2.40. The molecule has 0 spiro atoms. The van der Waals surface area contributed by atoms with Crippen LogP contribution in [0.25, 0.3) is 0 Å². The first-order valence-corrected chi connectivity index (χ1v) is 10.5. The lowest BCUT2D eigenvalue weighted by molar-refractivity contribution is 0.0658. The fourth-order valence-electron chi connectivity index (χ4n) is 3.06. The van der Waals surface area contributed by atoms with Crippen molar-refractivity contribution in [2.75, 3.05) is 39.8 Å². The fraction of sp³-hybridized carbons (Fsp3) is 0.550. The van der Waals surface area contributed by atoms with Crippen LogP contribution in [0.1, 0.15) is 42.0 Å². The average Bonchev–Trinajstić information content (AvgIpc) is 3.36. The number of nitrogens with zero attached hydrogens (tertiary/aromatic N) is 4. The van der Waals surface area contributed by atoms with Crippen LogP contribution >= 0.6 is 11.3 Å². The maximum atomic E-state index is 12.4. The van der Waals surface area contributed by atoms with Crippen LogP contribution in [-0.2, 0) is 11.8 Å². The van der Waals surface area contributed by atoms with Gasteiger partial charge in [-0.15, -0.1) is 11.3 Å². The number of piperazine rings is 1. The highest BCUT2D eigenvalue weighted by Crippen LogP contribution is 2.23. The zero-order chi connectivity index (χ0) is 20.1. The summed E-state index contributed by atoms with van der Waals surface area (Å²) in [5.74, 6) is 1.22. The van der Waals surface area contributed by atoms with Crippen molar-refractivity contribution in [3.8, 4) is 0 Å². The smallest absolute Gasteiger partial charge is 0.289 e. The van der Waals surface area contributed by atoms with E-state index in [4.69, 9.17) is 9.40 Å². The number of guanidine groups is 1. The molecule has 2 aromatic rings. The monoisotopic (exact) mass is 403 g/mol. The highest BCUT2D eigenvalue weighted by atomic mass is 32.1. The maximum Gasteiger partial charge on any atom is 0.289 e. The van der Waals surface area contributed by atoms with Crippen LogP contribution in [0.3, 0.4) is 0 Å². The van der Waals surface area contributed by atoms with Gasteiger partial charge in [-0.25, -0.2) is 4.98 Å². The van der Waals surface area contributed by atoms with E-state index in [0.717, 1.165) is 42.7 Å². The quantitative estimate of drug-likeness (QED) is 0.627. The van der Waals surface area contributed by atoms with E-state index in [1.165, 1.54) is 6.26 Å². The largest absolute Gasteiger partial charge is 0.459 e. The average molecular weight is 404 g/mol. The number of carbonyl (C=O) groups is 1. The van der Waals surface area contributed by atoms with Crippen LogP contribution in [0.5, 0.6) is 0 Å². The molecule has 2 aromatic heterocycles. The van der Waals surface area contributed by atoms with Crippen molar-refractivity contribution in [3.05, 3.63) is 40.2 Å². The molecule has 0 bridgehead atoms. The molecule has 152 valence electrons. The Kier molecular flexibility index (Phi) is 6.39. The van der Waals surface area contributed by atoms with Gasteiger partial charge in [0, 0.05) is 57.0 Å². The number of furan rings is 1. The number of aromatic nitrogens is 1. The minimum atomic E-state index is -0.0500. The van der Waals surface area contributed by atoms with E-state index < -0.39 is 0 Å². The molecule has 0 radical (unpaired) electrons. The first-order chi connectivity index (χ1) is 13.4. The third kappa shape index (κ3) is 4.92. The molecule has 1 N–H and O–H groups in total. The first-order valence-electron chi connectivity index (χ1n) is 9.62. The Balaban J connectivity index is 1.46. The van der Waals surface area contributed by atoms with Gasteiger partial charge in [-0.05, 0) is 12.1 Å². The minimum Gasteiger partial charge on any atom is -0.459 e. The van der Waals surface area contributed by atoms with Crippen molar-refractivity contribution in [2.45, 2.75) is 32.6 Å². The molecule has 1 aliphatic heterocycles. The third-order valence-electron chi connectivity index (χ3n) is 4.75. The van der Waals surface area contributed by atoms with E-state index in [1.54, 1.807) is 30.5 Å². The number of amides is 1. The molecule has 0 saturated carbocycles. The molecule has 0 atom stereocenters. The molecule has 8 heteroatoms. The molecular weight excluding hydrogens is 374 g/mol. The standard InChI is InChI=1S/C20H29N5O2S/c1-20(2,3)16-14-28-17(23-16)7-8-22-19(21-4)25-11-9-24(10-12-25)18(26)15-6-5-13-27-15/h5-6,13-14H,7-12H2,1-4H3,(H,21,22). The second-order valence-electron chi connectivity index (χ2n) is 7.86. The van der Waals surface area contributed by atoms with Crippen molar-refractivity contribution >= 4 is 23.2 Å². The Hall–Kier alpha value is -2.35. The van der Waals surface area contributed by atoms with Crippen LogP contribution in [0.15, 0.2) is 33.2 Å². The number of hydrogen-bond acceptors (Lipinski definition) is 5. The second-order valence-corrected chi connectivity index (χ2v) is 8.80.